The summed E-state index contributed by atoms with van der Waals surface area (Å²) in [6.45, 7) is 2.14. The fraction of sp³-hybridized carbons (Fsp3) is 0.562. The molecule has 1 amide bonds. The molecule has 2 heteroatoms. The lowest BCUT2D eigenvalue weighted by Gasteiger charge is -2.26. The van der Waals surface area contributed by atoms with E-state index in [1.54, 1.807) is 0 Å². The first kappa shape index (κ1) is 11.8. The molecule has 2 aliphatic carbocycles. The highest BCUT2D eigenvalue weighted by Gasteiger charge is 2.32. The van der Waals surface area contributed by atoms with Gasteiger partial charge in [-0.2, -0.15) is 0 Å². The van der Waals surface area contributed by atoms with Crippen LogP contribution in [0.4, 0.5) is 0 Å². The van der Waals surface area contributed by atoms with Crippen molar-refractivity contribution in [1.82, 2.24) is 5.32 Å². The number of rotatable bonds is 3. The van der Waals surface area contributed by atoms with E-state index in [9.17, 15) is 4.79 Å². The summed E-state index contributed by atoms with van der Waals surface area (Å²) in [6.07, 6.45) is 5.82. The predicted molar refractivity (Wildman–Crippen MR) is 72.4 cm³/mol. The number of nitrogens with one attached hydrogen (secondary N) is 1. The van der Waals surface area contributed by atoms with Gasteiger partial charge >= 0.3 is 0 Å². The Balaban J connectivity index is 1.74. The molecule has 1 aromatic carbocycles. The average Bonchev–Trinajstić information content (AvgIpc) is 3.22. The number of fused-ring (bicyclic) bond motifs is 1. The third-order valence-corrected chi connectivity index (χ3v) is 4.38. The van der Waals surface area contributed by atoms with Gasteiger partial charge < -0.3 is 5.32 Å². The highest BCUT2D eigenvalue weighted by Crippen LogP contribution is 2.34. The zero-order valence-corrected chi connectivity index (χ0v) is 11.0. The summed E-state index contributed by atoms with van der Waals surface area (Å²) in [7, 11) is 0. The molecule has 18 heavy (non-hydrogen) atoms. The van der Waals surface area contributed by atoms with Crippen LogP contribution in [0.5, 0.6) is 0 Å². The quantitative estimate of drug-likeness (QED) is 0.868. The molecule has 0 radical (unpaired) electrons. The number of hydrogen-bond donors (Lipinski definition) is 1. The van der Waals surface area contributed by atoms with Crippen LogP contribution in [-0.4, -0.2) is 11.9 Å². The van der Waals surface area contributed by atoms with Gasteiger partial charge in [-0.15, -0.1) is 0 Å². The molecule has 2 nitrogen and oxygen atoms in total. The molecule has 96 valence electrons. The van der Waals surface area contributed by atoms with Gasteiger partial charge in [-0.1, -0.05) is 24.3 Å². The molecule has 1 N–H and O–H groups in total. The largest absolute Gasteiger partial charge is 0.353 e. The Labute approximate surface area is 109 Å². The Kier molecular flexibility index (Phi) is 3.11. The van der Waals surface area contributed by atoms with Crippen molar-refractivity contribution in [1.29, 1.82) is 0 Å². The third-order valence-electron chi connectivity index (χ3n) is 4.38. The third kappa shape index (κ3) is 2.29. The predicted octanol–water partition coefficient (Wildman–Crippen LogP) is 3.02. The van der Waals surface area contributed by atoms with E-state index in [1.807, 2.05) is 0 Å². The van der Waals surface area contributed by atoms with E-state index >= 15 is 0 Å². The van der Waals surface area contributed by atoms with Gasteiger partial charge in [-0.25, -0.2) is 0 Å². The minimum Gasteiger partial charge on any atom is -0.353 e. The van der Waals surface area contributed by atoms with Crippen LogP contribution in [0.15, 0.2) is 24.3 Å². The van der Waals surface area contributed by atoms with E-state index in [-0.39, 0.29) is 11.8 Å². The summed E-state index contributed by atoms with van der Waals surface area (Å²) in [5.74, 6) is 1.05. The van der Waals surface area contributed by atoms with E-state index in [4.69, 9.17) is 0 Å². The SMILES string of the molecule is CC(NC(=O)C1CCCc2ccccc21)C1CC1. The maximum absolute atomic E-state index is 12.4. The summed E-state index contributed by atoms with van der Waals surface area (Å²) in [5, 5.41) is 3.21. The topological polar surface area (TPSA) is 29.1 Å². The Hall–Kier alpha value is -1.31. The summed E-state index contributed by atoms with van der Waals surface area (Å²) >= 11 is 0. The van der Waals surface area contributed by atoms with Crippen LogP contribution in [0, 0.1) is 5.92 Å². The molecule has 0 spiro atoms. The minimum absolute atomic E-state index is 0.0798. The normalized spacial score (nSPS) is 24.2. The Morgan fingerprint density at radius 1 is 1.28 bits per heavy atom. The van der Waals surface area contributed by atoms with Gasteiger partial charge in [0.15, 0.2) is 0 Å². The Bertz CT molecular complexity index is 450. The van der Waals surface area contributed by atoms with E-state index in [0.29, 0.717) is 6.04 Å². The first-order chi connectivity index (χ1) is 8.75. The van der Waals surface area contributed by atoms with Crippen molar-refractivity contribution < 1.29 is 4.79 Å². The zero-order chi connectivity index (χ0) is 12.5. The number of benzene rings is 1. The Morgan fingerprint density at radius 2 is 2.06 bits per heavy atom. The number of amides is 1. The van der Waals surface area contributed by atoms with E-state index < -0.39 is 0 Å². The smallest absolute Gasteiger partial charge is 0.227 e. The maximum atomic E-state index is 12.4. The van der Waals surface area contributed by atoms with Crippen molar-refractivity contribution in [2.75, 3.05) is 0 Å². The molecule has 0 bridgehead atoms. The first-order valence-corrected chi connectivity index (χ1v) is 7.14. The lowest BCUT2D eigenvalue weighted by Crippen LogP contribution is -2.38. The average molecular weight is 243 g/mol. The van der Waals surface area contributed by atoms with Gasteiger partial charge in [0.05, 0.1) is 5.92 Å². The number of hydrogen-bond acceptors (Lipinski definition) is 1. The summed E-state index contributed by atoms with van der Waals surface area (Å²) in [6, 6.07) is 8.77. The van der Waals surface area contributed by atoms with Crippen molar-refractivity contribution in [3.05, 3.63) is 35.4 Å². The summed E-state index contributed by atoms with van der Waals surface area (Å²) in [4.78, 5) is 12.4. The van der Waals surface area contributed by atoms with Crippen molar-refractivity contribution in [3.63, 3.8) is 0 Å². The van der Waals surface area contributed by atoms with Gasteiger partial charge in [0.1, 0.15) is 0 Å². The van der Waals surface area contributed by atoms with Gasteiger partial charge in [0, 0.05) is 6.04 Å². The molecule has 0 heterocycles. The van der Waals surface area contributed by atoms with Crippen LogP contribution in [0.3, 0.4) is 0 Å². The van der Waals surface area contributed by atoms with Crippen LogP contribution in [0.25, 0.3) is 0 Å². The van der Waals surface area contributed by atoms with Crippen molar-refractivity contribution in [2.45, 2.75) is 51.0 Å². The monoisotopic (exact) mass is 243 g/mol. The molecule has 0 aliphatic heterocycles. The lowest BCUT2D eigenvalue weighted by atomic mass is 9.82. The van der Waals surface area contributed by atoms with Crippen LogP contribution in [0.1, 0.15) is 49.7 Å². The highest BCUT2D eigenvalue weighted by atomic mass is 16.1. The second-order valence-corrected chi connectivity index (χ2v) is 5.78. The number of aryl methyl sites for hydroxylation is 1. The van der Waals surface area contributed by atoms with Crippen LogP contribution >= 0.6 is 0 Å². The highest BCUT2D eigenvalue weighted by molar-refractivity contribution is 5.84. The Morgan fingerprint density at radius 3 is 2.83 bits per heavy atom. The molecule has 1 fully saturated rings. The molecule has 1 aromatic rings. The summed E-state index contributed by atoms with van der Waals surface area (Å²) in [5.41, 5.74) is 2.62. The number of carbonyl (C=O) groups is 1. The molecule has 2 atom stereocenters. The fourth-order valence-electron chi connectivity index (χ4n) is 3.07. The van der Waals surface area contributed by atoms with E-state index in [0.717, 1.165) is 25.2 Å². The van der Waals surface area contributed by atoms with E-state index in [1.165, 1.54) is 24.0 Å². The molecule has 2 aliphatic rings. The number of carbonyl (C=O) groups excluding carboxylic acids is 1. The van der Waals surface area contributed by atoms with Gasteiger partial charge in [-0.05, 0) is 56.1 Å². The van der Waals surface area contributed by atoms with Crippen molar-refractivity contribution >= 4 is 5.91 Å². The lowest BCUT2D eigenvalue weighted by molar-refractivity contribution is -0.123. The molecule has 0 saturated heterocycles. The van der Waals surface area contributed by atoms with Gasteiger partial charge in [-0.3, -0.25) is 4.79 Å². The zero-order valence-electron chi connectivity index (χ0n) is 11.0. The van der Waals surface area contributed by atoms with Crippen LogP contribution in [-0.2, 0) is 11.2 Å². The fourth-order valence-corrected chi connectivity index (χ4v) is 3.07. The first-order valence-electron chi connectivity index (χ1n) is 7.14. The van der Waals surface area contributed by atoms with Gasteiger partial charge in [0.25, 0.3) is 0 Å². The van der Waals surface area contributed by atoms with Crippen molar-refractivity contribution in [3.8, 4) is 0 Å². The summed E-state index contributed by atoms with van der Waals surface area (Å²) < 4.78 is 0. The van der Waals surface area contributed by atoms with E-state index in [2.05, 4.69) is 36.5 Å². The standard InChI is InChI=1S/C16H21NO/c1-11(12-9-10-12)17-16(18)15-8-4-6-13-5-2-3-7-14(13)15/h2-3,5,7,11-12,15H,4,6,8-10H2,1H3,(H,17,18). The molecule has 3 rings (SSSR count). The molecule has 1 saturated carbocycles. The van der Waals surface area contributed by atoms with Crippen LogP contribution < -0.4 is 5.32 Å². The molecular weight excluding hydrogens is 222 g/mol. The maximum Gasteiger partial charge on any atom is 0.227 e. The molecule has 2 unspecified atom stereocenters. The molecule has 0 aromatic heterocycles. The molecular formula is C16H21NO. The minimum atomic E-state index is 0.0798. The second kappa shape index (κ2) is 4.75. The second-order valence-electron chi connectivity index (χ2n) is 5.78. The van der Waals surface area contributed by atoms with Crippen LogP contribution in [0.2, 0.25) is 0 Å². The van der Waals surface area contributed by atoms with Crippen molar-refractivity contribution in [2.24, 2.45) is 5.92 Å². The van der Waals surface area contributed by atoms with Gasteiger partial charge in [0.2, 0.25) is 5.91 Å².